The van der Waals surface area contributed by atoms with Crippen LogP contribution in [-0.4, -0.2) is 73.7 Å². The maximum absolute atomic E-state index is 13.5. The summed E-state index contributed by atoms with van der Waals surface area (Å²) in [6.07, 6.45) is 4.04. The van der Waals surface area contributed by atoms with E-state index in [1.807, 2.05) is 40.0 Å². The minimum absolute atomic E-state index is 0.0339. The lowest BCUT2D eigenvalue weighted by Gasteiger charge is -2.27. The van der Waals surface area contributed by atoms with Crippen LogP contribution in [-0.2, 0) is 17.0 Å². The van der Waals surface area contributed by atoms with Crippen LogP contribution in [0.4, 0.5) is 0 Å². The third-order valence-electron chi connectivity index (χ3n) is 7.03. The highest BCUT2D eigenvalue weighted by molar-refractivity contribution is 8.27. The van der Waals surface area contributed by atoms with Crippen LogP contribution in [0, 0.1) is 0 Å². The Balaban J connectivity index is 1.33. The van der Waals surface area contributed by atoms with E-state index in [4.69, 9.17) is 9.84 Å². The van der Waals surface area contributed by atoms with E-state index in [1.165, 1.54) is 11.2 Å². The molecule has 194 valence electrons. The van der Waals surface area contributed by atoms with Crippen LogP contribution >= 0.6 is 22.4 Å². The Labute approximate surface area is 222 Å². The second kappa shape index (κ2) is 9.85. The second-order valence-electron chi connectivity index (χ2n) is 9.59. The fourth-order valence-electron chi connectivity index (χ4n) is 5.06. The van der Waals surface area contributed by atoms with E-state index in [9.17, 15) is 13.9 Å². The molecule has 2 N–H and O–H groups in total. The molecule has 2 aromatic carbocycles. The molecule has 1 amide bonds. The zero-order valence-electron chi connectivity index (χ0n) is 20.7. The van der Waals surface area contributed by atoms with Crippen LogP contribution in [0.5, 0.6) is 0 Å². The Kier molecular flexibility index (Phi) is 6.54. The van der Waals surface area contributed by atoms with Crippen molar-refractivity contribution in [3.63, 3.8) is 0 Å². The van der Waals surface area contributed by atoms with Gasteiger partial charge in [0, 0.05) is 66.8 Å². The topological polar surface area (TPSA) is 91.1 Å². The maximum atomic E-state index is 13.5. The zero-order valence-corrected chi connectivity index (χ0v) is 22.3. The molecule has 1 saturated heterocycles. The second-order valence-corrected chi connectivity index (χ2v) is 12.8. The van der Waals surface area contributed by atoms with Crippen molar-refractivity contribution in [3.8, 4) is 16.9 Å². The molecular weight excluding hydrogens is 508 g/mol. The summed E-state index contributed by atoms with van der Waals surface area (Å²) in [5, 5.41) is 4.90. The van der Waals surface area contributed by atoms with Crippen molar-refractivity contribution < 1.29 is 18.6 Å². The summed E-state index contributed by atoms with van der Waals surface area (Å²) < 4.78 is 27.3. The van der Waals surface area contributed by atoms with Gasteiger partial charge < -0.3 is 14.5 Å². The van der Waals surface area contributed by atoms with Crippen LogP contribution in [0.15, 0.2) is 64.5 Å². The monoisotopic (exact) mass is 538 g/mol. The minimum Gasteiger partial charge on any atom is -0.378 e. The zero-order chi connectivity index (χ0) is 25.6. The van der Waals surface area contributed by atoms with Crippen molar-refractivity contribution in [1.29, 1.82) is 0 Å². The molecule has 10 heteroatoms. The molecule has 0 saturated carbocycles. The highest BCUT2D eigenvalue weighted by atomic mass is 32.3. The molecule has 0 unspecified atom stereocenters. The lowest BCUT2D eigenvalue weighted by Crippen LogP contribution is -2.41. The Bertz CT molecular complexity index is 1360. The highest BCUT2D eigenvalue weighted by Crippen LogP contribution is 2.47. The maximum Gasteiger partial charge on any atom is 0.274 e. The summed E-state index contributed by atoms with van der Waals surface area (Å²) in [7, 11) is -2.65. The molecule has 0 atom stereocenters. The number of rotatable bonds is 5. The quantitative estimate of drug-likeness (QED) is 0.470. The lowest BCUT2D eigenvalue weighted by atomic mass is 10.0. The average molecular weight is 539 g/mol. The standard InChI is InChI=1S/C27H30N4O4S2/c1-37(33,34)21-10-11-29(17-21)16-19-6-8-20(9-7-19)31-26-22-4-2-3-5-24(22)36-18-23(26)25(28-31)27(32)30-12-14-35-15-13-30/h2-9,17,33-34H,10-16,18H2,1H3. The molecule has 0 spiro atoms. The van der Waals surface area contributed by atoms with Gasteiger partial charge in [0.2, 0.25) is 0 Å². The van der Waals surface area contributed by atoms with Crippen molar-refractivity contribution in [2.45, 2.75) is 23.6 Å². The van der Waals surface area contributed by atoms with Crippen LogP contribution in [0.1, 0.15) is 28.0 Å². The van der Waals surface area contributed by atoms with Crippen molar-refractivity contribution >= 4 is 28.3 Å². The molecule has 8 nitrogen and oxygen atoms in total. The van der Waals surface area contributed by atoms with Crippen LogP contribution in [0.3, 0.4) is 0 Å². The van der Waals surface area contributed by atoms with Crippen molar-refractivity contribution in [2.75, 3.05) is 39.1 Å². The first-order chi connectivity index (χ1) is 17.9. The molecule has 37 heavy (non-hydrogen) atoms. The Morgan fingerprint density at radius 1 is 1.08 bits per heavy atom. The number of morpholine rings is 1. The molecule has 0 radical (unpaired) electrons. The van der Waals surface area contributed by atoms with Gasteiger partial charge in [-0.3, -0.25) is 13.9 Å². The van der Waals surface area contributed by atoms with E-state index < -0.39 is 10.6 Å². The molecule has 3 aromatic rings. The van der Waals surface area contributed by atoms with Gasteiger partial charge in [0.25, 0.3) is 5.91 Å². The lowest BCUT2D eigenvalue weighted by molar-refractivity contribution is 0.0298. The molecule has 4 heterocycles. The number of ether oxygens (including phenoxy) is 1. The smallest absolute Gasteiger partial charge is 0.274 e. The average Bonchev–Trinajstić information content (AvgIpc) is 3.55. The summed E-state index contributed by atoms with van der Waals surface area (Å²) >= 11 is 1.75. The van der Waals surface area contributed by atoms with Crippen molar-refractivity contribution in [2.24, 2.45) is 0 Å². The summed E-state index contributed by atoms with van der Waals surface area (Å²) in [5.41, 5.74) is 5.62. The molecule has 1 fully saturated rings. The number of hydrogen-bond donors (Lipinski definition) is 2. The van der Waals surface area contributed by atoms with Crippen LogP contribution in [0.2, 0.25) is 0 Å². The first kappa shape index (κ1) is 24.6. The molecule has 0 aliphatic carbocycles. The summed E-state index contributed by atoms with van der Waals surface area (Å²) in [4.78, 5) is 19.4. The van der Waals surface area contributed by atoms with Gasteiger partial charge in [-0.15, -0.1) is 11.8 Å². The number of thioether (sulfide) groups is 1. The Hall–Kier alpha value is -2.76. The molecular formula is C27H30N4O4S2. The third-order valence-corrected chi connectivity index (χ3v) is 9.44. The van der Waals surface area contributed by atoms with Gasteiger partial charge >= 0.3 is 0 Å². The van der Waals surface area contributed by atoms with Gasteiger partial charge in [0.15, 0.2) is 5.69 Å². The van der Waals surface area contributed by atoms with Gasteiger partial charge in [-0.05, 0) is 23.8 Å². The Morgan fingerprint density at radius 3 is 2.57 bits per heavy atom. The minimum atomic E-state index is -2.65. The van der Waals surface area contributed by atoms with Crippen LogP contribution < -0.4 is 0 Å². The van der Waals surface area contributed by atoms with E-state index >= 15 is 0 Å². The number of fused-ring (bicyclic) bond motifs is 3. The van der Waals surface area contributed by atoms with Gasteiger partial charge in [-0.2, -0.15) is 15.7 Å². The van der Waals surface area contributed by atoms with E-state index in [-0.39, 0.29) is 5.91 Å². The van der Waals surface area contributed by atoms with Gasteiger partial charge in [0.1, 0.15) is 0 Å². The van der Waals surface area contributed by atoms with Crippen molar-refractivity contribution in [3.05, 3.63) is 76.5 Å². The van der Waals surface area contributed by atoms with Gasteiger partial charge in [0.05, 0.1) is 29.5 Å². The van der Waals surface area contributed by atoms with Crippen molar-refractivity contribution in [1.82, 2.24) is 19.6 Å². The predicted molar refractivity (Wildman–Crippen MR) is 147 cm³/mol. The summed E-state index contributed by atoms with van der Waals surface area (Å²) in [6.45, 7) is 3.74. The van der Waals surface area contributed by atoms with E-state index in [1.54, 1.807) is 11.8 Å². The molecule has 6 rings (SSSR count). The number of carbonyl (C=O) groups excluding carboxylic acids is 1. The first-order valence-electron chi connectivity index (χ1n) is 12.4. The third kappa shape index (κ3) is 4.80. The number of amides is 1. The van der Waals surface area contributed by atoms with Gasteiger partial charge in [-0.25, -0.2) is 4.68 Å². The van der Waals surface area contributed by atoms with Crippen LogP contribution in [0.25, 0.3) is 16.9 Å². The van der Waals surface area contributed by atoms with E-state index in [0.717, 1.165) is 34.6 Å². The largest absolute Gasteiger partial charge is 0.378 e. The van der Waals surface area contributed by atoms with Gasteiger partial charge in [-0.1, -0.05) is 30.3 Å². The molecule has 3 aliphatic rings. The fraction of sp³-hybridized carbons (Fsp3) is 0.333. The fourth-order valence-corrected chi connectivity index (χ4v) is 6.95. The molecule has 1 aromatic heterocycles. The predicted octanol–water partition coefficient (Wildman–Crippen LogP) is 5.04. The number of hydrogen-bond acceptors (Lipinski definition) is 7. The molecule has 0 bridgehead atoms. The van der Waals surface area contributed by atoms with E-state index in [2.05, 4.69) is 29.2 Å². The number of benzene rings is 2. The summed E-state index contributed by atoms with van der Waals surface area (Å²) in [6, 6.07) is 16.5. The number of carbonyl (C=O) groups is 1. The van der Waals surface area contributed by atoms with E-state index in [0.29, 0.717) is 55.6 Å². The molecule has 3 aliphatic heterocycles. The highest BCUT2D eigenvalue weighted by Gasteiger charge is 2.32. The number of nitrogens with zero attached hydrogens (tertiary/aromatic N) is 4. The Morgan fingerprint density at radius 2 is 1.84 bits per heavy atom. The SMILES string of the molecule is CS(O)(O)C1=CN(Cc2ccc(-n3nc(C(=O)N4CCOCC4)c4c3-c3ccccc3SC4)cc2)CC1. The normalized spacial score (nSPS) is 17.9. The first-order valence-corrected chi connectivity index (χ1v) is 15.3. The summed E-state index contributed by atoms with van der Waals surface area (Å²) in [5.74, 6) is 0.671. The number of aromatic nitrogens is 2.